The highest BCUT2D eigenvalue weighted by Gasteiger charge is 2.16. The molecule has 6 heteroatoms. The first kappa shape index (κ1) is 11.5. The minimum absolute atomic E-state index is 0.0957. The Balaban J connectivity index is 2.09. The zero-order chi connectivity index (χ0) is 12.3. The molecule has 0 aliphatic carbocycles. The van der Waals surface area contributed by atoms with E-state index in [4.69, 9.17) is 5.73 Å². The second-order valence-electron chi connectivity index (χ2n) is 3.66. The summed E-state index contributed by atoms with van der Waals surface area (Å²) in [6.45, 7) is 1.83. The number of nitrogen functional groups attached to an aromatic ring is 1. The van der Waals surface area contributed by atoms with Crippen LogP contribution in [0.2, 0.25) is 0 Å². The second-order valence-corrected chi connectivity index (χ2v) is 4.45. The van der Waals surface area contributed by atoms with Gasteiger partial charge in [-0.15, -0.1) is 5.10 Å². The molecule has 0 saturated carbocycles. The summed E-state index contributed by atoms with van der Waals surface area (Å²) < 4.78 is 3.68. The van der Waals surface area contributed by atoms with Crippen molar-refractivity contribution in [2.75, 3.05) is 11.1 Å². The number of aromatic nitrogens is 2. The molecule has 1 unspecified atom stereocenters. The zero-order valence-corrected chi connectivity index (χ0v) is 10.1. The van der Waals surface area contributed by atoms with Crippen LogP contribution in [0.4, 0.5) is 10.7 Å². The number of carbonyl (C=O) groups is 1. The third-order valence-electron chi connectivity index (χ3n) is 2.41. The van der Waals surface area contributed by atoms with E-state index in [2.05, 4.69) is 14.9 Å². The van der Waals surface area contributed by atoms with Crippen molar-refractivity contribution in [3.8, 4) is 0 Å². The lowest BCUT2D eigenvalue weighted by Crippen LogP contribution is -2.18. The summed E-state index contributed by atoms with van der Waals surface area (Å²) in [5.41, 5.74) is 7.23. The van der Waals surface area contributed by atoms with Crippen molar-refractivity contribution in [2.24, 2.45) is 0 Å². The van der Waals surface area contributed by atoms with Crippen molar-refractivity contribution in [3.05, 3.63) is 36.0 Å². The first-order valence-electron chi connectivity index (χ1n) is 5.10. The molecule has 0 fully saturated rings. The van der Waals surface area contributed by atoms with Crippen LogP contribution in [0.3, 0.4) is 0 Å². The van der Waals surface area contributed by atoms with Crippen molar-refractivity contribution in [1.82, 2.24) is 9.59 Å². The summed E-state index contributed by atoms with van der Waals surface area (Å²) >= 11 is 1.15. The van der Waals surface area contributed by atoms with Crippen LogP contribution in [0.15, 0.2) is 30.5 Å². The Hall–Kier alpha value is -1.95. The van der Waals surface area contributed by atoms with Gasteiger partial charge in [0.2, 0.25) is 5.91 Å². The number of amides is 1. The van der Waals surface area contributed by atoms with Crippen molar-refractivity contribution < 1.29 is 4.79 Å². The Bertz CT molecular complexity index is 512. The number of nitrogens with two attached hydrogens (primary N) is 1. The molecule has 0 aliphatic heterocycles. The lowest BCUT2D eigenvalue weighted by atomic mass is 10.00. The zero-order valence-electron chi connectivity index (χ0n) is 9.25. The van der Waals surface area contributed by atoms with E-state index in [0.717, 1.165) is 17.1 Å². The topological polar surface area (TPSA) is 80.9 Å². The van der Waals surface area contributed by atoms with Gasteiger partial charge < -0.3 is 11.1 Å². The van der Waals surface area contributed by atoms with Gasteiger partial charge in [0.1, 0.15) is 5.00 Å². The molecular weight excluding hydrogens is 236 g/mol. The molecule has 1 aromatic carbocycles. The van der Waals surface area contributed by atoms with Gasteiger partial charge >= 0.3 is 0 Å². The predicted octanol–water partition coefficient (Wildman–Crippen LogP) is 1.86. The highest BCUT2D eigenvalue weighted by atomic mass is 32.1. The average molecular weight is 248 g/mol. The lowest BCUT2D eigenvalue weighted by molar-refractivity contribution is -0.117. The Morgan fingerprint density at radius 1 is 1.53 bits per heavy atom. The number of nitrogens with zero attached hydrogens (tertiary/aromatic N) is 2. The van der Waals surface area contributed by atoms with Crippen LogP contribution in [0.25, 0.3) is 0 Å². The smallest absolute Gasteiger partial charge is 0.232 e. The van der Waals surface area contributed by atoms with Crippen LogP contribution in [0, 0.1) is 0 Å². The van der Waals surface area contributed by atoms with Crippen LogP contribution in [0.5, 0.6) is 0 Å². The van der Waals surface area contributed by atoms with Gasteiger partial charge in [0.15, 0.2) is 0 Å². The van der Waals surface area contributed by atoms with Gasteiger partial charge in [-0.25, -0.2) is 0 Å². The normalized spacial score (nSPS) is 12.1. The minimum Gasteiger partial charge on any atom is -0.399 e. The molecule has 2 aromatic rings. The SMILES string of the molecule is CC(C(=O)Nc1cnns1)c1cccc(N)c1. The molecule has 0 aliphatic rings. The van der Waals surface area contributed by atoms with Gasteiger partial charge in [-0.05, 0) is 24.6 Å². The maximum Gasteiger partial charge on any atom is 0.232 e. The number of rotatable bonds is 3. The minimum atomic E-state index is -0.263. The fraction of sp³-hybridized carbons (Fsp3) is 0.182. The Labute approximate surface area is 103 Å². The molecule has 1 atom stereocenters. The van der Waals surface area contributed by atoms with Crippen LogP contribution in [-0.4, -0.2) is 15.5 Å². The van der Waals surface area contributed by atoms with Crippen molar-refractivity contribution in [2.45, 2.75) is 12.8 Å². The van der Waals surface area contributed by atoms with Gasteiger partial charge in [0, 0.05) is 17.2 Å². The molecular formula is C11H12N4OS. The van der Waals surface area contributed by atoms with Crippen molar-refractivity contribution in [3.63, 3.8) is 0 Å². The Kier molecular flexibility index (Phi) is 3.34. The molecule has 1 amide bonds. The molecule has 0 bridgehead atoms. The van der Waals surface area contributed by atoms with E-state index in [1.165, 1.54) is 6.20 Å². The largest absolute Gasteiger partial charge is 0.399 e. The second kappa shape index (κ2) is 4.92. The summed E-state index contributed by atoms with van der Waals surface area (Å²) in [4.78, 5) is 11.9. The molecule has 17 heavy (non-hydrogen) atoms. The van der Waals surface area contributed by atoms with Gasteiger partial charge in [-0.3, -0.25) is 4.79 Å². The van der Waals surface area contributed by atoms with Gasteiger partial charge in [-0.1, -0.05) is 16.6 Å². The van der Waals surface area contributed by atoms with E-state index in [9.17, 15) is 4.79 Å². The summed E-state index contributed by atoms with van der Waals surface area (Å²) in [6, 6.07) is 7.31. The molecule has 1 heterocycles. The first-order chi connectivity index (χ1) is 8.16. The highest BCUT2D eigenvalue weighted by Crippen LogP contribution is 2.20. The van der Waals surface area contributed by atoms with Crippen LogP contribution < -0.4 is 11.1 Å². The third kappa shape index (κ3) is 2.79. The van der Waals surface area contributed by atoms with E-state index in [0.29, 0.717) is 10.7 Å². The maximum absolute atomic E-state index is 11.9. The summed E-state index contributed by atoms with van der Waals surface area (Å²) in [5.74, 6) is -0.359. The monoisotopic (exact) mass is 248 g/mol. The molecule has 5 nitrogen and oxygen atoms in total. The molecule has 0 spiro atoms. The predicted molar refractivity (Wildman–Crippen MR) is 67.8 cm³/mol. The van der Waals surface area contributed by atoms with E-state index in [1.54, 1.807) is 12.1 Å². The standard InChI is InChI=1S/C11H12N4OS/c1-7(8-3-2-4-9(12)5-8)11(16)14-10-6-13-15-17-10/h2-7H,12H2,1H3,(H,14,16). The number of nitrogens with one attached hydrogen (secondary N) is 1. The Morgan fingerprint density at radius 2 is 2.35 bits per heavy atom. The van der Waals surface area contributed by atoms with Crippen molar-refractivity contribution >= 4 is 28.1 Å². The summed E-state index contributed by atoms with van der Waals surface area (Å²) in [5, 5.41) is 7.05. The van der Waals surface area contributed by atoms with Gasteiger partial charge in [0.05, 0.1) is 12.1 Å². The fourth-order valence-electron chi connectivity index (χ4n) is 1.43. The molecule has 2 rings (SSSR count). The van der Waals surface area contributed by atoms with Crippen LogP contribution >= 0.6 is 11.5 Å². The number of anilines is 2. The van der Waals surface area contributed by atoms with E-state index < -0.39 is 0 Å². The lowest BCUT2D eigenvalue weighted by Gasteiger charge is -2.11. The van der Waals surface area contributed by atoms with E-state index >= 15 is 0 Å². The number of hydrogen-bond donors (Lipinski definition) is 2. The number of benzene rings is 1. The average Bonchev–Trinajstić information content (AvgIpc) is 2.80. The summed E-state index contributed by atoms with van der Waals surface area (Å²) in [6.07, 6.45) is 1.52. The molecule has 0 saturated heterocycles. The molecule has 0 radical (unpaired) electrons. The van der Waals surface area contributed by atoms with Gasteiger partial charge in [0.25, 0.3) is 0 Å². The third-order valence-corrected chi connectivity index (χ3v) is 2.99. The number of carbonyl (C=O) groups excluding carboxylic acids is 1. The van der Waals surface area contributed by atoms with Crippen molar-refractivity contribution in [1.29, 1.82) is 0 Å². The molecule has 3 N–H and O–H groups in total. The van der Waals surface area contributed by atoms with Gasteiger partial charge in [-0.2, -0.15) is 0 Å². The van der Waals surface area contributed by atoms with E-state index in [-0.39, 0.29) is 11.8 Å². The first-order valence-corrected chi connectivity index (χ1v) is 5.88. The molecule has 88 valence electrons. The van der Waals surface area contributed by atoms with E-state index in [1.807, 2.05) is 19.1 Å². The quantitative estimate of drug-likeness (QED) is 0.812. The highest BCUT2D eigenvalue weighted by molar-refractivity contribution is 7.10. The maximum atomic E-state index is 11.9. The molecule has 1 aromatic heterocycles. The Morgan fingerprint density at radius 3 is 3.00 bits per heavy atom. The fourth-order valence-corrected chi connectivity index (χ4v) is 1.85. The van der Waals surface area contributed by atoms with Crippen LogP contribution in [-0.2, 0) is 4.79 Å². The summed E-state index contributed by atoms with van der Waals surface area (Å²) in [7, 11) is 0. The number of hydrogen-bond acceptors (Lipinski definition) is 5. The van der Waals surface area contributed by atoms with Crippen LogP contribution in [0.1, 0.15) is 18.4 Å².